The Hall–Kier alpha value is -3.27. The summed E-state index contributed by atoms with van der Waals surface area (Å²) in [6, 6.07) is 15.3. The first kappa shape index (κ1) is 27.3. The zero-order chi connectivity index (χ0) is 27.6. The van der Waals surface area contributed by atoms with E-state index in [-0.39, 0.29) is 15.6 Å². The lowest BCUT2D eigenvalue weighted by atomic mass is 9.91. The van der Waals surface area contributed by atoms with E-state index in [4.69, 9.17) is 16.6 Å². The molecule has 1 aromatic heterocycles. The molecule has 1 aliphatic carbocycles. The van der Waals surface area contributed by atoms with Crippen molar-refractivity contribution in [3.05, 3.63) is 77.2 Å². The molecule has 0 bridgehead atoms. The van der Waals surface area contributed by atoms with Crippen molar-refractivity contribution in [2.24, 2.45) is 0 Å². The van der Waals surface area contributed by atoms with E-state index < -0.39 is 15.8 Å². The van der Waals surface area contributed by atoms with Gasteiger partial charge in [0.1, 0.15) is 10.7 Å². The molecule has 0 spiro atoms. The molecule has 1 fully saturated rings. The molecular weight excluding hydrogens is 537 g/mol. The van der Waals surface area contributed by atoms with E-state index in [1.54, 1.807) is 24.4 Å². The third-order valence-corrected chi connectivity index (χ3v) is 9.15. The highest BCUT2D eigenvalue weighted by molar-refractivity contribution is 7.92. The first-order valence-corrected chi connectivity index (χ1v) is 14.9. The van der Waals surface area contributed by atoms with Crippen LogP contribution in [0.25, 0.3) is 22.0 Å². The molecule has 4 aromatic rings. The SMILES string of the molecule is CCc1cc(-c2ccc(NS(=O)(=O)c3ccccc3Cl)c(F)c2)cc2cnc(N[C@H]3CC[C@H](NC)CC3)nc12. The molecule has 5 rings (SSSR count). The molecule has 0 unspecified atom stereocenters. The molecule has 0 saturated heterocycles. The number of sulfonamides is 1. The molecule has 204 valence electrons. The summed E-state index contributed by atoms with van der Waals surface area (Å²) in [6.07, 6.45) is 6.94. The van der Waals surface area contributed by atoms with Gasteiger partial charge in [-0.05, 0) is 92.2 Å². The maximum Gasteiger partial charge on any atom is 0.263 e. The van der Waals surface area contributed by atoms with Crippen LogP contribution in [0, 0.1) is 5.82 Å². The highest BCUT2D eigenvalue weighted by atomic mass is 35.5. The molecule has 0 aliphatic heterocycles. The van der Waals surface area contributed by atoms with Gasteiger partial charge in [-0.3, -0.25) is 4.72 Å². The smallest absolute Gasteiger partial charge is 0.263 e. The van der Waals surface area contributed by atoms with Crippen LogP contribution >= 0.6 is 11.6 Å². The molecule has 3 aromatic carbocycles. The molecule has 1 saturated carbocycles. The Balaban J connectivity index is 1.39. The molecular formula is C29H31ClFN5O2S. The van der Waals surface area contributed by atoms with Crippen molar-refractivity contribution < 1.29 is 12.8 Å². The van der Waals surface area contributed by atoms with E-state index in [0.717, 1.165) is 54.1 Å². The van der Waals surface area contributed by atoms with Crippen LogP contribution in [0.5, 0.6) is 0 Å². The third kappa shape index (κ3) is 6.00. The molecule has 39 heavy (non-hydrogen) atoms. The van der Waals surface area contributed by atoms with Crippen molar-refractivity contribution in [1.29, 1.82) is 0 Å². The number of fused-ring (bicyclic) bond motifs is 1. The van der Waals surface area contributed by atoms with Crippen LogP contribution in [0.15, 0.2) is 65.7 Å². The number of nitrogens with zero attached hydrogens (tertiary/aromatic N) is 2. The van der Waals surface area contributed by atoms with Crippen molar-refractivity contribution in [2.75, 3.05) is 17.1 Å². The number of hydrogen-bond donors (Lipinski definition) is 3. The molecule has 10 heteroatoms. The van der Waals surface area contributed by atoms with Gasteiger partial charge in [-0.2, -0.15) is 0 Å². The van der Waals surface area contributed by atoms with Gasteiger partial charge >= 0.3 is 0 Å². The van der Waals surface area contributed by atoms with Crippen LogP contribution in [0.3, 0.4) is 0 Å². The summed E-state index contributed by atoms with van der Waals surface area (Å²) >= 11 is 6.04. The fourth-order valence-electron chi connectivity index (χ4n) is 5.07. The van der Waals surface area contributed by atoms with Gasteiger partial charge in [0.2, 0.25) is 5.95 Å². The number of benzene rings is 3. The fraction of sp³-hybridized carbons (Fsp3) is 0.310. The molecule has 1 aliphatic rings. The Morgan fingerprint density at radius 2 is 1.74 bits per heavy atom. The highest BCUT2D eigenvalue weighted by Crippen LogP contribution is 2.31. The van der Waals surface area contributed by atoms with Gasteiger partial charge in [-0.15, -0.1) is 0 Å². The van der Waals surface area contributed by atoms with E-state index in [0.29, 0.717) is 23.6 Å². The van der Waals surface area contributed by atoms with Gasteiger partial charge in [-0.1, -0.05) is 36.7 Å². The second kappa shape index (κ2) is 11.5. The lowest BCUT2D eigenvalue weighted by molar-refractivity contribution is 0.370. The van der Waals surface area contributed by atoms with Crippen molar-refractivity contribution in [2.45, 2.75) is 56.0 Å². The molecule has 0 atom stereocenters. The minimum atomic E-state index is -4.05. The van der Waals surface area contributed by atoms with E-state index in [2.05, 4.69) is 27.3 Å². The zero-order valence-electron chi connectivity index (χ0n) is 21.8. The van der Waals surface area contributed by atoms with Crippen LogP contribution in [-0.4, -0.2) is 37.5 Å². The number of anilines is 2. The monoisotopic (exact) mass is 567 g/mol. The number of halogens is 2. The lowest BCUT2D eigenvalue weighted by Gasteiger charge is -2.28. The summed E-state index contributed by atoms with van der Waals surface area (Å²) < 4.78 is 42.9. The maximum atomic E-state index is 15.1. The largest absolute Gasteiger partial charge is 0.351 e. The Kier molecular flexibility index (Phi) is 8.02. The Morgan fingerprint density at radius 1 is 1.00 bits per heavy atom. The van der Waals surface area contributed by atoms with Crippen molar-refractivity contribution in [1.82, 2.24) is 15.3 Å². The molecule has 3 N–H and O–H groups in total. The summed E-state index contributed by atoms with van der Waals surface area (Å²) in [5.74, 6) is -0.0656. The Bertz CT molecular complexity index is 1610. The first-order chi connectivity index (χ1) is 18.8. The summed E-state index contributed by atoms with van der Waals surface area (Å²) in [5, 5.41) is 7.77. The van der Waals surface area contributed by atoms with Gasteiger partial charge in [0, 0.05) is 23.7 Å². The predicted molar refractivity (Wildman–Crippen MR) is 155 cm³/mol. The van der Waals surface area contributed by atoms with Crippen molar-refractivity contribution in [3.63, 3.8) is 0 Å². The van der Waals surface area contributed by atoms with Gasteiger partial charge in [0.15, 0.2) is 0 Å². The van der Waals surface area contributed by atoms with Crippen molar-refractivity contribution in [3.8, 4) is 11.1 Å². The second-order valence-electron chi connectivity index (χ2n) is 9.83. The summed E-state index contributed by atoms with van der Waals surface area (Å²) in [6.45, 7) is 2.06. The van der Waals surface area contributed by atoms with E-state index >= 15 is 4.39 Å². The van der Waals surface area contributed by atoms with E-state index in [1.165, 1.54) is 24.3 Å². The number of hydrogen-bond acceptors (Lipinski definition) is 6. The van der Waals surface area contributed by atoms with Crippen LogP contribution < -0.4 is 15.4 Å². The number of rotatable bonds is 8. The zero-order valence-corrected chi connectivity index (χ0v) is 23.4. The van der Waals surface area contributed by atoms with Crippen LogP contribution in [0.1, 0.15) is 38.2 Å². The fourth-order valence-corrected chi connectivity index (χ4v) is 6.66. The number of aromatic nitrogens is 2. The van der Waals surface area contributed by atoms with Gasteiger partial charge in [-0.25, -0.2) is 22.8 Å². The quantitative estimate of drug-likeness (QED) is 0.228. The average molecular weight is 568 g/mol. The molecule has 1 heterocycles. The number of aryl methyl sites for hydroxylation is 1. The topological polar surface area (TPSA) is 96.0 Å². The summed E-state index contributed by atoms with van der Waals surface area (Å²) in [4.78, 5) is 9.27. The van der Waals surface area contributed by atoms with Gasteiger partial charge in [0.25, 0.3) is 10.0 Å². The average Bonchev–Trinajstić information content (AvgIpc) is 2.94. The first-order valence-electron chi connectivity index (χ1n) is 13.1. The van der Waals surface area contributed by atoms with Crippen LogP contribution in [-0.2, 0) is 16.4 Å². The van der Waals surface area contributed by atoms with Gasteiger partial charge in [0.05, 0.1) is 16.2 Å². The minimum Gasteiger partial charge on any atom is -0.351 e. The van der Waals surface area contributed by atoms with E-state index in [1.807, 2.05) is 19.2 Å². The normalized spacial score (nSPS) is 17.7. The predicted octanol–water partition coefficient (Wildman–Crippen LogP) is 6.40. The Labute approximate surface area is 233 Å². The maximum absolute atomic E-state index is 15.1. The molecule has 0 amide bonds. The second-order valence-corrected chi connectivity index (χ2v) is 11.9. The van der Waals surface area contributed by atoms with E-state index in [9.17, 15) is 8.42 Å². The summed E-state index contributed by atoms with van der Waals surface area (Å²) in [5.41, 5.74) is 3.16. The standard InChI is InChI=1S/C29H31ClFN5O2S/c1-3-18-14-20(15-21-17-33-29(35-28(18)21)34-23-11-9-22(32-2)10-12-23)19-8-13-26(25(31)16-19)36-39(37,38)27-7-5-4-6-24(27)30/h4-8,13-17,22-23,32,36H,3,9-12H2,1-2H3,(H,33,34,35)/t22-,23-. The van der Waals surface area contributed by atoms with Crippen LogP contribution in [0.2, 0.25) is 5.02 Å². The lowest BCUT2D eigenvalue weighted by Crippen LogP contribution is -2.35. The van der Waals surface area contributed by atoms with Crippen molar-refractivity contribution >= 4 is 44.2 Å². The Morgan fingerprint density at radius 3 is 2.44 bits per heavy atom. The molecule has 7 nitrogen and oxygen atoms in total. The summed E-state index contributed by atoms with van der Waals surface area (Å²) in [7, 11) is -2.04. The number of nitrogens with one attached hydrogen (secondary N) is 3. The van der Waals surface area contributed by atoms with Crippen LogP contribution in [0.4, 0.5) is 16.0 Å². The third-order valence-electron chi connectivity index (χ3n) is 7.28. The van der Waals surface area contributed by atoms with Gasteiger partial charge < -0.3 is 10.6 Å². The highest BCUT2D eigenvalue weighted by Gasteiger charge is 2.22. The molecule has 0 radical (unpaired) electrons. The minimum absolute atomic E-state index is 0.0621.